The van der Waals surface area contributed by atoms with Crippen molar-refractivity contribution < 1.29 is 27.1 Å². The van der Waals surface area contributed by atoms with Crippen molar-refractivity contribution in [3.05, 3.63) is 84.5 Å². The number of carbonyl (C=O) groups excluding carboxylic acids is 1. The number of aromatic nitrogens is 7. The second-order valence-electron chi connectivity index (χ2n) is 7.56. The van der Waals surface area contributed by atoms with Crippen LogP contribution < -0.4 is 10.1 Å². The first-order valence-corrected chi connectivity index (χ1v) is 10.5. The summed E-state index contributed by atoms with van der Waals surface area (Å²) in [5, 5.41) is 14.1. The highest BCUT2D eigenvalue weighted by molar-refractivity contribution is 5.81. The lowest BCUT2D eigenvalue weighted by atomic mass is 10.2. The van der Waals surface area contributed by atoms with E-state index in [1.54, 1.807) is 10.7 Å². The number of anilines is 1. The van der Waals surface area contributed by atoms with Gasteiger partial charge in [-0.25, -0.2) is 19.0 Å². The summed E-state index contributed by atoms with van der Waals surface area (Å²) in [5.74, 6) is -0.150. The minimum atomic E-state index is -4.76. The number of amides is 1. The summed E-state index contributed by atoms with van der Waals surface area (Å²) in [7, 11) is 2.01. The molecule has 0 atom stereocenters. The van der Waals surface area contributed by atoms with Crippen molar-refractivity contribution in [2.24, 2.45) is 7.05 Å². The molecule has 3 heterocycles. The first kappa shape index (κ1) is 25.2. The molecule has 2 aromatic carbocycles. The van der Waals surface area contributed by atoms with Crippen LogP contribution in [-0.4, -0.2) is 41.2 Å². The molecular formula is C23H18F4N8O2. The van der Waals surface area contributed by atoms with Gasteiger partial charge >= 0.3 is 6.18 Å². The minimum absolute atomic E-state index is 0.103. The van der Waals surface area contributed by atoms with Crippen LogP contribution in [0.15, 0.2) is 67.4 Å². The topological polar surface area (TPSA) is 113 Å². The third kappa shape index (κ3) is 6.42. The normalized spacial score (nSPS) is 11.1. The van der Waals surface area contributed by atoms with Crippen molar-refractivity contribution >= 4 is 23.0 Å². The molecule has 0 saturated heterocycles. The highest BCUT2D eigenvalue weighted by atomic mass is 19.4. The first-order chi connectivity index (χ1) is 17.7. The molecule has 37 heavy (non-hydrogen) atoms. The maximum Gasteiger partial charge on any atom is 0.419 e. The molecule has 10 nitrogen and oxygen atoms in total. The zero-order valence-electron chi connectivity index (χ0n) is 19.1. The molecule has 0 saturated carbocycles. The van der Waals surface area contributed by atoms with Crippen LogP contribution in [0.25, 0.3) is 10.9 Å². The summed E-state index contributed by atoms with van der Waals surface area (Å²) >= 11 is 0. The Balaban J connectivity index is 0.000000197. The van der Waals surface area contributed by atoms with E-state index in [-0.39, 0.29) is 12.1 Å². The number of alkyl halides is 3. The van der Waals surface area contributed by atoms with Crippen LogP contribution in [0.1, 0.15) is 11.3 Å². The van der Waals surface area contributed by atoms with E-state index in [2.05, 4.69) is 30.1 Å². The molecule has 190 valence electrons. The van der Waals surface area contributed by atoms with Crippen molar-refractivity contribution in [2.75, 3.05) is 5.32 Å². The van der Waals surface area contributed by atoms with Gasteiger partial charge in [-0.05, 0) is 52.9 Å². The molecule has 1 N–H and O–H groups in total. The number of halogens is 4. The number of nitrogens with one attached hydrogen (secondary N) is 1. The number of tetrazole rings is 1. The summed E-state index contributed by atoms with van der Waals surface area (Å²) in [6, 6.07) is 12.0. The Labute approximate surface area is 206 Å². The number of ether oxygens (including phenoxy) is 1. The summed E-state index contributed by atoms with van der Waals surface area (Å²) in [6.45, 7) is 0.462. The fourth-order valence-corrected chi connectivity index (χ4v) is 3.28. The Morgan fingerprint density at radius 3 is 2.65 bits per heavy atom. The molecule has 0 spiro atoms. The number of hydrogen-bond acceptors (Lipinski definition) is 7. The van der Waals surface area contributed by atoms with E-state index in [4.69, 9.17) is 4.74 Å². The molecule has 0 fully saturated rings. The van der Waals surface area contributed by atoms with Crippen LogP contribution in [0.4, 0.5) is 23.2 Å². The predicted octanol–water partition coefficient (Wildman–Crippen LogP) is 4.21. The number of fused-ring (bicyclic) bond motifs is 1. The van der Waals surface area contributed by atoms with Crippen molar-refractivity contribution in [3.8, 4) is 11.6 Å². The van der Waals surface area contributed by atoms with Gasteiger partial charge in [0.1, 0.15) is 24.2 Å². The maximum atomic E-state index is 12.7. The summed E-state index contributed by atoms with van der Waals surface area (Å²) in [5.41, 5.74) is 0.417. The average Bonchev–Trinajstić information content (AvgIpc) is 3.50. The molecular weight excluding hydrogens is 496 g/mol. The SMILES string of the molecule is Cn1ccc2cc(Oc3cc(Cn4cnnn4)ncn3)ccc21.O=CNc1ccc(F)c(C(F)(F)F)c1. The highest BCUT2D eigenvalue weighted by Crippen LogP contribution is 2.32. The number of rotatable bonds is 6. The van der Waals surface area contributed by atoms with Gasteiger partial charge in [-0.2, -0.15) is 13.2 Å². The average molecular weight is 514 g/mol. The minimum Gasteiger partial charge on any atom is -0.439 e. The van der Waals surface area contributed by atoms with Crippen molar-refractivity contribution in [2.45, 2.75) is 12.7 Å². The van der Waals surface area contributed by atoms with Crippen LogP contribution in [0.3, 0.4) is 0 Å². The van der Waals surface area contributed by atoms with E-state index in [1.165, 1.54) is 12.7 Å². The van der Waals surface area contributed by atoms with E-state index in [0.717, 1.165) is 28.4 Å². The molecule has 5 aromatic rings. The van der Waals surface area contributed by atoms with E-state index >= 15 is 0 Å². The van der Waals surface area contributed by atoms with E-state index in [9.17, 15) is 22.4 Å². The molecule has 3 aromatic heterocycles. The monoisotopic (exact) mass is 514 g/mol. The Morgan fingerprint density at radius 2 is 1.92 bits per heavy atom. The van der Waals surface area contributed by atoms with E-state index < -0.39 is 17.6 Å². The lowest BCUT2D eigenvalue weighted by Crippen LogP contribution is -2.09. The van der Waals surface area contributed by atoms with Gasteiger partial charge in [0.15, 0.2) is 0 Å². The second-order valence-corrected chi connectivity index (χ2v) is 7.56. The number of nitrogens with zero attached hydrogens (tertiary/aromatic N) is 7. The van der Waals surface area contributed by atoms with Gasteiger partial charge in [0, 0.05) is 35.9 Å². The molecule has 0 aliphatic carbocycles. The van der Waals surface area contributed by atoms with E-state index in [0.29, 0.717) is 24.6 Å². The smallest absolute Gasteiger partial charge is 0.419 e. The standard InChI is InChI=1S/C15H13N7O.C8H5F4NO/c1-21-5-4-11-6-13(2-3-14(11)21)23-15-7-12(16-9-17-15)8-22-10-18-19-20-22;9-7-2-1-5(13-4-14)3-6(7)8(10,11)12/h2-7,9-10H,8H2,1H3;1-4H,(H,13,14). The zero-order chi connectivity index (χ0) is 26.4. The van der Waals surface area contributed by atoms with Gasteiger partial charge in [-0.15, -0.1) is 5.10 Å². The highest BCUT2D eigenvalue weighted by Gasteiger charge is 2.34. The fourth-order valence-electron chi connectivity index (χ4n) is 3.28. The molecule has 0 aliphatic rings. The largest absolute Gasteiger partial charge is 0.439 e. The summed E-state index contributed by atoms with van der Waals surface area (Å²) in [4.78, 5) is 18.3. The lowest BCUT2D eigenvalue weighted by molar-refractivity contribution is -0.140. The molecule has 0 bridgehead atoms. The lowest BCUT2D eigenvalue weighted by Gasteiger charge is -2.09. The predicted molar refractivity (Wildman–Crippen MR) is 123 cm³/mol. The molecule has 0 aliphatic heterocycles. The van der Waals surface area contributed by atoms with Gasteiger partial charge in [0.2, 0.25) is 12.3 Å². The third-order valence-corrected chi connectivity index (χ3v) is 4.99. The van der Waals surface area contributed by atoms with Crippen LogP contribution in [0.5, 0.6) is 11.6 Å². The summed E-state index contributed by atoms with van der Waals surface area (Å²) < 4.78 is 58.5. The Hall–Kier alpha value is -4.88. The van der Waals surface area contributed by atoms with Crippen LogP contribution in [0.2, 0.25) is 0 Å². The van der Waals surface area contributed by atoms with Gasteiger partial charge in [-0.3, -0.25) is 4.79 Å². The fraction of sp³-hybridized carbons (Fsp3) is 0.130. The molecule has 5 rings (SSSR count). The number of carbonyl (C=O) groups is 1. The summed E-state index contributed by atoms with van der Waals surface area (Å²) in [6.07, 6.45) is 0.476. The van der Waals surface area contributed by atoms with Crippen LogP contribution >= 0.6 is 0 Å². The van der Waals surface area contributed by atoms with Crippen molar-refractivity contribution in [1.82, 2.24) is 34.7 Å². The quantitative estimate of drug-likeness (QED) is 0.267. The Morgan fingerprint density at radius 1 is 1.08 bits per heavy atom. The molecule has 1 amide bonds. The zero-order valence-corrected chi connectivity index (χ0v) is 19.1. The second kappa shape index (κ2) is 10.8. The molecule has 14 heteroatoms. The molecule has 0 radical (unpaired) electrons. The van der Waals surface area contributed by atoms with Crippen molar-refractivity contribution in [1.29, 1.82) is 0 Å². The first-order valence-electron chi connectivity index (χ1n) is 10.5. The van der Waals surface area contributed by atoms with Gasteiger partial charge < -0.3 is 14.6 Å². The number of aryl methyl sites for hydroxylation is 1. The van der Waals surface area contributed by atoms with Gasteiger partial charge in [-0.1, -0.05) is 0 Å². The van der Waals surface area contributed by atoms with Gasteiger partial charge in [0.25, 0.3) is 0 Å². The Bertz CT molecular complexity index is 1500. The maximum absolute atomic E-state index is 12.7. The number of benzene rings is 2. The molecule has 0 unspecified atom stereocenters. The van der Waals surface area contributed by atoms with E-state index in [1.807, 2.05) is 42.8 Å². The van der Waals surface area contributed by atoms with Crippen LogP contribution in [-0.2, 0) is 24.6 Å². The number of hydrogen-bond donors (Lipinski definition) is 1. The van der Waals surface area contributed by atoms with Gasteiger partial charge in [0.05, 0.1) is 17.8 Å². The van der Waals surface area contributed by atoms with Crippen LogP contribution in [0, 0.1) is 5.82 Å². The Kier molecular flexibility index (Phi) is 7.36. The van der Waals surface area contributed by atoms with Crippen molar-refractivity contribution in [3.63, 3.8) is 0 Å². The third-order valence-electron chi connectivity index (χ3n) is 4.99.